The first kappa shape index (κ1) is 16.8. The number of hydrogen-bond donors (Lipinski definition) is 2. The van der Waals surface area contributed by atoms with Crippen LogP contribution in [0.3, 0.4) is 0 Å². The third-order valence-electron chi connectivity index (χ3n) is 4.57. The number of likely N-dealkylation sites (tertiary alicyclic amines) is 1. The van der Waals surface area contributed by atoms with Crippen molar-refractivity contribution in [2.24, 2.45) is 13.0 Å². The highest BCUT2D eigenvalue weighted by molar-refractivity contribution is 5.74. The molecule has 1 aliphatic rings. The van der Waals surface area contributed by atoms with E-state index in [1.54, 1.807) is 10.9 Å². The van der Waals surface area contributed by atoms with Crippen LogP contribution in [-0.2, 0) is 7.05 Å². The number of carbonyl (C=O) groups excluding carboxylic acids is 1. The van der Waals surface area contributed by atoms with Gasteiger partial charge in [0.2, 0.25) is 0 Å². The average molecular weight is 307 g/mol. The van der Waals surface area contributed by atoms with Crippen LogP contribution in [0.5, 0.6) is 0 Å². The first-order chi connectivity index (χ1) is 10.5. The molecule has 6 nitrogen and oxygen atoms in total. The lowest BCUT2D eigenvalue weighted by Gasteiger charge is -2.35. The molecule has 1 aliphatic heterocycles. The Morgan fingerprint density at radius 1 is 1.41 bits per heavy atom. The van der Waals surface area contributed by atoms with Crippen molar-refractivity contribution in [2.75, 3.05) is 19.6 Å². The molecule has 2 unspecified atom stereocenters. The van der Waals surface area contributed by atoms with Crippen LogP contribution in [0, 0.1) is 5.92 Å². The Morgan fingerprint density at radius 3 is 2.68 bits per heavy atom. The molecule has 0 saturated carbocycles. The van der Waals surface area contributed by atoms with Crippen molar-refractivity contribution in [3.63, 3.8) is 0 Å². The van der Waals surface area contributed by atoms with E-state index < -0.39 is 0 Å². The van der Waals surface area contributed by atoms with E-state index in [1.807, 2.05) is 20.2 Å². The maximum Gasteiger partial charge on any atom is 0.315 e. The van der Waals surface area contributed by atoms with Gasteiger partial charge in [0.1, 0.15) is 0 Å². The molecule has 2 N–H and O–H groups in total. The summed E-state index contributed by atoms with van der Waals surface area (Å²) >= 11 is 0. The molecule has 0 bridgehead atoms. The third kappa shape index (κ3) is 4.73. The van der Waals surface area contributed by atoms with Crippen molar-refractivity contribution >= 4 is 6.03 Å². The summed E-state index contributed by atoms with van der Waals surface area (Å²) in [6.07, 6.45) is 6.22. The van der Waals surface area contributed by atoms with E-state index in [2.05, 4.69) is 34.5 Å². The van der Waals surface area contributed by atoms with Crippen LogP contribution in [-0.4, -0.2) is 46.4 Å². The van der Waals surface area contributed by atoms with Crippen molar-refractivity contribution < 1.29 is 4.79 Å². The van der Waals surface area contributed by atoms with Gasteiger partial charge in [-0.3, -0.25) is 9.58 Å². The molecule has 1 aromatic rings. The smallest absolute Gasteiger partial charge is 0.315 e. The highest BCUT2D eigenvalue weighted by Gasteiger charge is 2.20. The molecule has 1 aromatic heterocycles. The zero-order chi connectivity index (χ0) is 16.1. The van der Waals surface area contributed by atoms with E-state index in [1.165, 1.54) is 12.8 Å². The molecule has 1 fully saturated rings. The number of aromatic nitrogens is 2. The average Bonchev–Trinajstić information content (AvgIpc) is 2.92. The normalized spacial score (nSPS) is 19.6. The monoisotopic (exact) mass is 307 g/mol. The molecule has 2 rings (SSSR count). The van der Waals surface area contributed by atoms with Gasteiger partial charge in [-0.1, -0.05) is 6.92 Å². The molecule has 1 saturated heterocycles. The van der Waals surface area contributed by atoms with Gasteiger partial charge in [0, 0.05) is 31.4 Å². The minimum atomic E-state index is -0.117. The SMILES string of the molecule is CC1CCN(C(C)CNC(=O)NC(C)c2cnn(C)c2)CC1. The number of carbonyl (C=O) groups is 1. The van der Waals surface area contributed by atoms with Gasteiger partial charge < -0.3 is 10.6 Å². The van der Waals surface area contributed by atoms with Crippen molar-refractivity contribution in [2.45, 2.75) is 45.7 Å². The van der Waals surface area contributed by atoms with E-state index in [9.17, 15) is 4.79 Å². The molecular formula is C16H29N5O. The van der Waals surface area contributed by atoms with Crippen LogP contribution < -0.4 is 10.6 Å². The second-order valence-corrected chi connectivity index (χ2v) is 6.59. The fourth-order valence-electron chi connectivity index (χ4n) is 2.83. The summed E-state index contributed by atoms with van der Waals surface area (Å²) in [7, 11) is 1.87. The highest BCUT2D eigenvalue weighted by Crippen LogP contribution is 2.17. The van der Waals surface area contributed by atoms with Crippen molar-refractivity contribution in [3.8, 4) is 0 Å². The molecule has 2 atom stereocenters. The van der Waals surface area contributed by atoms with Gasteiger partial charge in [-0.25, -0.2) is 4.79 Å². The molecule has 0 aromatic carbocycles. The minimum Gasteiger partial charge on any atom is -0.337 e. The Bertz CT molecular complexity index is 479. The lowest BCUT2D eigenvalue weighted by molar-refractivity contribution is 0.145. The molecule has 6 heteroatoms. The van der Waals surface area contributed by atoms with Gasteiger partial charge in [0.15, 0.2) is 0 Å². The number of nitrogens with one attached hydrogen (secondary N) is 2. The topological polar surface area (TPSA) is 62.2 Å². The lowest BCUT2D eigenvalue weighted by Crippen LogP contribution is -2.47. The molecule has 2 heterocycles. The Kier molecular flexibility index (Phi) is 5.83. The zero-order valence-corrected chi connectivity index (χ0v) is 14.2. The number of rotatable bonds is 5. The van der Waals surface area contributed by atoms with E-state index in [4.69, 9.17) is 0 Å². The number of nitrogens with zero attached hydrogens (tertiary/aromatic N) is 3. The minimum absolute atomic E-state index is 0.0418. The fraction of sp³-hybridized carbons (Fsp3) is 0.750. The van der Waals surface area contributed by atoms with E-state index in [0.717, 1.165) is 24.6 Å². The van der Waals surface area contributed by atoms with Gasteiger partial charge in [-0.2, -0.15) is 5.10 Å². The predicted molar refractivity (Wildman–Crippen MR) is 87.6 cm³/mol. The largest absolute Gasteiger partial charge is 0.337 e. The van der Waals surface area contributed by atoms with Crippen molar-refractivity contribution in [1.29, 1.82) is 0 Å². The molecule has 0 aliphatic carbocycles. The van der Waals surface area contributed by atoms with Gasteiger partial charge in [-0.05, 0) is 45.7 Å². The summed E-state index contributed by atoms with van der Waals surface area (Å²) in [6, 6.07) is 0.223. The van der Waals surface area contributed by atoms with Crippen molar-refractivity contribution in [1.82, 2.24) is 25.3 Å². The van der Waals surface area contributed by atoms with Crippen LogP contribution in [0.15, 0.2) is 12.4 Å². The number of hydrogen-bond acceptors (Lipinski definition) is 3. The van der Waals surface area contributed by atoms with Gasteiger partial charge in [-0.15, -0.1) is 0 Å². The summed E-state index contributed by atoms with van der Waals surface area (Å²) in [4.78, 5) is 14.5. The van der Waals surface area contributed by atoms with E-state index in [0.29, 0.717) is 12.6 Å². The van der Waals surface area contributed by atoms with Crippen LogP contribution in [0.2, 0.25) is 0 Å². The molecule has 22 heavy (non-hydrogen) atoms. The maximum absolute atomic E-state index is 12.0. The van der Waals surface area contributed by atoms with Crippen LogP contribution >= 0.6 is 0 Å². The molecule has 2 amide bonds. The number of urea groups is 1. The Balaban J connectivity index is 1.70. The van der Waals surface area contributed by atoms with Gasteiger partial charge in [0.25, 0.3) is 0 Å². The third-order valence-corrected chi connectivity index (χ3v) is 4.57. The predicted octanol–water partition coefficient (Wildman–Crippen LogP) is 1.90. The zero-order valence-electron chi connectivity index (χ0n) is 14.2. The summed E-state index contributed by atoms with van der Waals surface area (Å²) in [5, 5.41) is 10.1. The van der Waals surface area contributed by atoms with Gasteiger partial charge in [0.05, 0.1) is 12.2 Å². The summed E-state index contributed by atoms with van der Waals surface area (Å²) in [5.74, 6) is 0.833. The van der Waals surface area contributed by atoms with Crippen LogP contribution in [0.1, 0.15) is 45.2 Å². The molecular weight excluding hydrogens is 278 g/mol. The molecule has 0 radical (unpaired) electrons. The van der Waals surface area contributed by atoms with Crippen molar-refractivity contribution in [3.05, 3.63) is 18.0 Å². The quantitative estimate of drug-likeness (QED) is 0.873. The Labute approximate surface area is 133 Å². The summed E-state index contributed by atoms with van der Waals surface area (Å²) in [5.41, 5.74) is 1.01. The first-order valence-electron chi connectivity index (χ1n) is 8.22. The van der Waals surface area contributed by atoms with Crippen LogP contribution in [0.4, 0.5) is 4.79 Å². The van der Waals surface area contributed by atoms with Crippen LogP contribution in [0.25, 0.3) is 0 Å². The second kappa shape index (κ2) is 7.63. The van der Waals surface area contributed by atoms with E-state index >= 15 is 0 Å². The number of amides is 2. The molecule has 124 valence electrons. The van der Waals surface area contributed by atoms with E-state index in [-0.39, 0.29) is 12.1 Å². The summed E-state index contributed by atoms with van der Waals surface area (Å²) in [6.45, 7) is 9.41. The number of aryl methyl sites for hydroxylation is 1. The molecule has 0 spiro atoms. The fourth-order valence-corrected chi connectivity index (χ4v) is 2.83. The lowest BCUT2D eigenvalue weighted by atomic mass is 9.98. The Hall–Kier alpha value is -1.56. The highest BCUT2D eigenvalue weighted by atomic mass is 16.2. The summed E-state index contributed by atoms with van der Waals surface area (Å²) < 4.78 is 1.74. The maximum atomic E-state index is 12.0. The first-order valence-corrected chi connectivity index (χ1v) is 8.22. The number of piperidine rings is 1. The second-order valence-electron chi connectivity index (χ2n) is 6.59. The standard InChI is InChI=1S/C16H29N5O/c1-12-5-7-21(8-6-12)13(2)9-17-16(22)19-14(3)15-10-18-20(4)11-15/h10-14H,5-9H2,1-4H3,(H2,17,19,22). The Morgan fingerprint density at radius 2 is 2.09 bits per heavy atom. The van der Waals surface area contributed by atoms with Gasteiger partial charge >= 0.3 is 6.03 Å².